The highest BCUT2D eigenvalue weighted by Crippen LogP contribution is 2.09. The molecule has 0 aliphatic heterocycles. The smallest absolute Gasteiger partial charge is 0.263 e. The molecule has 0 aromatic rings. The minimum atomic E-state index is -4.32. The molecule has 0 spiro atoms. The van der Waals surface area contributed by atoms with Crippen LogP contribution in [0.5, 0.6) is 0 Å². The second-order valence-electron chi connectivity index (χ2n) is 1.93. The third-order valence-corrected chi connectivity index (χ3v) is 2.43. The van der Waals surface area contributed by atoms with Gasteiger partial charge in [0.05, 0.1) is 6.07 Å². The van der Waals surface area contributed by atoms with Crippen molar-refractivity contribution in [2.45, 2.75) is 19.3 Å². The molecule has 0 atom stereocenters. The lowest BCUT2D eigenvalue weighted by Gasteiger charge is -1.96. The largest absolute Gasteiger partial charge is 0.408 e. The predicted molar refractivity (Wildman–Crippen MR) is 44.6 cm³/mol. The molecule has 0 bridgehead atoms. The van der Waals surface area contributed by atoms with Gasteiger partial charge in [0.15, 0.2) is 0 Å². The summed E-state index contributed by atoms with van der Waals surface area (Å²) in [6, 6.07) is 1.96. The van der Waals surface area contributed by atoms with Crippen LogP contribution in [0.1, 0.15) is 19.3 Å². The lowest BCUT2D eigenvalue weighted by molar-refractivity contribution is 0.407. The summed E-state index contributed by atoms with van der Waals surface area (Å²) in [5.41, 5.74) is 0. The average Bonchev–Trinajstić information content (AvgIpc) is 1.94. The van der Waals surface area contributed by atoms with Crippen molar-refractivity contribution in [3.8, 4) is 6.07 Å². The SMILES string of the molecule is N#CCCCCSOS(=O)(=O)O. The normalized spacial score (nSPS) is 11.0. The second-order valence-corrected chi connectivity index (χ2v) is 3.98. The highest BCUT2D eigenvalue weighted by atomic mass is 32.3. The molecule has 7 heteroatoms. The average molecular weight is 211 g/mol. The summed E-state index contributed by atoms with van der Waals surface area (Å²) in [5, 5.41) is 8.13. The van der Waals surface area contributed by atoms with Gasteiger partial charge in [-0.3, -0.25) is 4.55 Å². The minimum Gasteiger partial charge on any atom is -0.263 e. The van der Waals surface area contributed by atoms with E-state index in [0.717, 1.165) is 0 Å². The molecule has 0 saturated carbocycles. The van der Waals surface area contributed by atoms with Gasteiger partial charge in [-0.15, -0.1) is 0 Å². The van der Waals surface area contributed by atoms with E-state index >= 15 is 0 Å². The molecule has 0 aromatic carbocycles. The van der Waals surface area contributed by atoms with Gasteiger partial charge in [-0.05, 0) is 12.8 Å². The summed E-state index contributed by atoms with van der Waals surface area (Å²) in [6.45, 7) is 0. The summed E-state index contributed by atoms with van der Waals surface area (Å²) in [7, 11) is -4.32. The van der Waals surface area contributed by atoms with Crippen molar-refractivity contribution < 1.29 is 16.6 Å². The van der Waals surface area contributed by atoms with E-state index in [2.05, 4.69) is 3.63 Å². The van der Waals surface area contributed by atoms with E-state index < -0.39 is 10.4 Å². The Morgan fingerprint density at radius 3 is 2.67 bits per heavy atom. The standard InChI is InChI=1S/C5H9NO4S2/c6-4-2-1-3-5-11-10-12(7,8)9/h1-3,5H2,(H,7,8,9). The molecule has 0 amide bonds. The van der Waals surface area contributed by atoms with Gasteiger partial charge in [-0.2, -0.15) is 17.3 Å². The Morgan fingerprint density at radius 2 is 2.17 bits per heavy atom. The zero-order valence-electron chi connectivity index (χ0n) is 6.26. The van der Waals surface area contributed by atoms with Crippen molar-refractivity contribution >= 4 is 22.4 Å². The maximum Gasteiger partial charge on any atom is 0.408 e. The molecule has 5 nitrogen and oxygen atoms in total. The van der Waals surface area contributed by atoms with E-state index in [1.807, 2.05) is 6.07 Å². The fourth-order valence-electron chi connectivity index (χ4n) is 0.460. The monoisotopic (exact) mass is 211 g/mol. The van der Waals surface area contributed by atoms with Gasteiger partial charge in [-0.25, -0.2) is 0 Å². The number of nitriles is 1. The number of unbranched alkanes of at least 4 members (excludes halogenated alkanes) is 2. The lowest BCUT2D eigenvalue weighted by Crippen LogP contribution is -1.97. The zero-order chi connectivity index (χ0) is 9.45. The van der Waals surface area contributed by atoms with Gasteiger partial charge in [0, 0.05) is 24.2 Å². The molecule has 12 heavy (non-hydrogen) atoms. The fraction of sp³-hybridized carbons (Fsp3) is 0.800. The first-order valence-electron chi connectivity index (χ1n) is 3.22. The molecule has 0 radical (unpaired) electrons. The van der Waals surface area contributed by atoms with Crippen LogP contribution in [0.4, 0.5) is 0 Å². The third-order valence-electron chi connectivity index (χ3n) is 0.900. The van der Waals surface area contributed by atoms with E-state index in [4.69, 9.17) is 9.81 Å². The van der Waals surface area contributed by atoms with Gasteiger partial charge in [-0.1, -0.05) is 0 Å². The van der Waals surface area contributed by atoms with Gasteiger partial charge < -0.3 is 0 Å². The minimum absolute atomic E-state index is 0.446. The van der Waals surface area contributed by atoms with Crippen molar-refractivity contribution in [1.82, 2.24) is 0 Å². The molecular formula is C5H9NO4S2. The maximum absolute atomic E-state index is 9.98. The summed E-state index contributed by atoms with van der Waals surface area (Å²) in [6.07, 6.45) is 1.85. The lowest BCUT2D eigenvalue weighted by atomic mass is 10.3. The van der Waals surface area contributed by atoms with Crippen molar-refractivity contribution in [2.24, 2.45) is 0 Å². The van der Waals surface area contributed by atoms with Crippen molar-refractivity contribution in [3.63, 3.8) is 0 Å². The van der Waals surface area contributed by atoms with Crippen LogP contribution in [-0.4, -0.2) is 18.7 Å². The van der Waals surface area contributed by atoms with Crippen LogP contribution in [0.15, 0.2) is 0 Å². The molecule has 0 saturated heterocycles. The summed E-state index contributed by atoms with van der Waals surface area (Å²) in [5.74, 6) is 0.446. The molecule has 0 aromatic heterocycles. The van der Waals surface area contributed by atoms with Crippen LogP contribution in [0, 0.1) is 11.3 Å². The molecule has 0 rings (SSSR count). The Balaban J connectivity index is 3.18. The highest BCUT2D eigenvalue weighted by Gasteiger charge is 2.03. The molecule has 0 fully saturated rings. The topological polar surface area (TPSA) is 87.4 Å². The maximum atomic E-state index is 9.98. The van der Waals surface area contributed by atoms with E-state index in [9.17, 15) is 8.42 Å². The van der Waals surface area contributed by atoms with Crippen LogP contribution in [0.2, 0.25) is 0 Å². The van der Waals surface area contributed by atoms with Crippen LogP contribution in [-0.2, 0) is 14.0 Å². The van der Waals surface area contributed by atoms with Crippen molar-refractivity contribution in [3.05, 3.63) is 0 Å². The molecular weight excluding hydrogens is 202 g/mol. The van der Waals surface area contributed by atoms with Gasteiger partial charge in [0.25, 0.3) is 0 Å². The van der Waals surface area contributed by atoms with Crippen LogP contribution in [0.25, 0.3) is 0 Å². The Bertz CT molecular complexity index is 243. The quantitative estimate of drug-likeness (QED) is 0.403. The molecule has 0 aliphatic rings. The Kier molecular flexibility index (Phi) is 6.10. The molecule has 70 valence electrons. The van der Waals surface area contributed by atoms with E-state index in [0.29, 0.717) is 37.1 Å². The first kappa shape index (κ1) is 11.7. The van der Waals surface area contributed by atoms with Crippen LogP contribution < -0.4 is 0 Å². The van der Waals surface area contributed by atoms with Gasteiger partial charge in [0.1, 0.15) is 0 Å². The third kappa shape index (κ3) is 9.71. The first-order valence-corrected chi connectivity index (χ1v) is 5.49. The van der Waals surface area contributed by atoms with E-state index in [1.54, 1.807) is 0 Å². The summed E-state index contributed by atoms with van der Waals surface area (Å²) < 4.78 is 32.0. The molecule has 1 N–H and O–H groups in total. The van der Waals surface area contributed by atoms with Crippen LogP contribution in [0.3, 0.4) is 0 Å². The Hall–Kier alpha value is -0.290. The fourth-order valence-corrected chi connectivity index (χ4v) is 1.54. The van der Waals surface area contributed by atoms with Crippen molar-refractivity contribution in [1.29, 1.82) is 5.26 Å². The number of hydrogen-bond donors (Lipinski definition) is 1. The van der Waals surface area contributed by atoms with E-state index in [-0.39, 0.29) is 0 Å². The molecule has 0 unspecified atom stereocenters. The van der Waals surface area contributed by atoms with E-state index in [1.165, 1.54) is 0 Å². The Labute approximate surface area is 75.9 Å². The van der Waals surface area contributed by atoms with Gasteiger partial charge >= 0.3 is 10.4 Å². The predicted octanol–water partition coefficient (Wildman–Crippen LogP) is 1.15. The Morgan fingerprint density at radius 1 is 1.50 bits per heavy atom. The number of nitrogens with zero attached hydrogens (tertiary/aromatic N) is 1. The molecule has 0 aliphatic carbocycles. The summed E-state index contributed by atoms with van der Waals surface area (Å²) >= 11 is 0.663. The van der Waals surface area contributed by atoms with Crippen LogP contribution >= 0.6 is 12.0 Å². The number of hydrogen-bond acceptors (Lipinski definition) is 5. The van der Waals surface area contributed by atoms with Gasteiger partial charge in [0.2, 0.25) is 0 Å². The summed E-state index contributed by atoms with van der Waals surface area (Å²) in [4.78, 5) is 0. The first-order chi connectivity index (χ1) is 5.56. The second kappa shape index (κ2) is 6.25. The van der Waals surface area contributed by atoms with Crippen molar-refractivity contribution in [2.75, 3.05) is 5.75 Å². The molecule has 0 heterocycles. The highest BCUT2D eigenvalue weighted by molar-refractivity contribution is 8.02. The zero-order valence-corrected chi connectivity index (χ0v) is 7.90. The number of rotatable bonds is 6.